The Labute approximate surface area is 85.8 Å². The van der Waals surface area contributed by atoms with E-state index in [0.717, 1.165) is 6.54 Å². The number of carbonyl (C=O) groups excluding carboxylic acids is 1. The van der Waals surface area contributed by atoms with Crippen LogP contribution in [-0.4, -0.2) is 30.1 Å². The normalized spacial score (nSPS) is 30.1. The summed E-state index contributed by atoms with van der Waals surface area (Å²) in [4.78, 5) is 13.7. The summed E-state index contributed by atoms with van der Waals surface area (Å²) in [5.74, 6) is 0.778. The molecule has 0 aromatic rings. The first-order chi connectivity index (χ1) is 6.52. The fourth-order valence-electron chi connectivity index (χ4n) is 2.12. The number of carbonyl (C=O) groups is 1. The number of hydrogen-bond donors (Lipinski definition) is 1. The maximum absolute atomic E-state index is 11.7. The Kier molecular flexibility index (Phi) is 2.30. The Bertz CT molecular complexity index is 246. The molecule has 2 rings (SSSR count). The van der Waals surface area contributed by atoms with E-state index in [4.69, 9.17) is 0 Å². The number of amides is 1. The van der Waals surface area contributed by atoms with Crippen LogP contribution < -0.4 is 5.32 Å². The maximum Gasteiger partial charge on any atom is 0.237 e. The fraction of sp³-hybridized carbons (Fsp3) is 0.909. The lowest BCUT2D eigenvalue weighted by Crippen LogP contribution is -2.43. The summed E-state index contributed by atoms with van der Waals surface area (Å²) < 4.78 is 0. The molecule has 1 unspecified atom stereocenters. The number of nitrogens with zero attached hydrogens (tertiary/aromatic N) is 1. The Morgan fingerprint density at radius 2 is 2.21 bits per heavy atom. The van der Waals surface area contributed by atoms with Gasteiger partial charge in [-0.25, -0.2) is 0 Å². The lowest BCUT2D eigenvalue weighted by atomic mass is 10.1. The second-order valence-electron chi connectivity index (χ2n) is 5.40. The van der Waals surface area contributed by atoms with Crippen LogP contribution >= 0.6 is 0 Å². The molecule has 1 aliphatic carbocycles. The lowest BCUT2D eigenvalue weighted by molar-refractivity contribution is -0.129. The first-order valence-electron chi connectivity index (χ1n) is 5.55. The van der Waals surface area contributed by atoms with Gasteiger partial charge in [0.15, 0.2) is 0 Å². The van der Waals surface area contributed by atoms with Crippen LogP contribution in [0.1, 0.15) is 33.6 Å². The second kappa shape index (κ2) is 3.23. The summed E-state index contributed by atoms with van der Waals surface area (Å²) in [6.45, 7) is 8.08. The Hall–Kier alpha value is -0.570. The summed E-state index contributed by atoms with van der Waals surface area (Å²) in [5.41, 5.74) is 0.425. The number of hydrogen-bond acceptors (Lipinski definition) is 2. The minimum Gasteiger partial charge on any atom is -0.325 e. The van der Waals surface area contributed by atoms with Crippen molar-refractivity contribution in [1.29, 1.82) is 0 Å². The van der Waals surface area contributed by atoms with Crippen LogP contribution in [-0.2, 0) is 4.79 Å². The third-order valence-corrected chi connectivity index (χ3v) is 3.41. The molecular weight excluding hydrogens is 176 g/mol. The smallest absolute Gasteiger partial charge is 0.237 e. The summed E-state index contributed by atoms with van der Waals surface area (Å²) in [6.07, 6.45) is 2.82. The predicted molar refractivity (Wildman–Crippen MR) is 55.7 cm³/mol. The van der Waals surface area contributed by atoms with E-state index < -0.39 is 0 Å². The molecule has 3 heteroatoms. The van der Waals surface area contributed by atoms with Crippen molar-refractivity contribution in [3.8, 4) is 0 Å². The van der Waals surface area contributed by atoms with E-state index >= 15 is 0 Å². The number of rotatable bonds is 3. The van der Waals surface area contributed by atoms with Crippen LogP contribution in [0.15, 0.2) is 0 Å². The highest BCUT2D eigenvalue weighted by molar-refractivity contribution is 5.80. The lowest BCUT2D eigenvalue weighted by Gasteiger charge is -2.29. The second-order valence-corrected chi connectivity index (χ2v) is 5.40. The molecule has 1 heterocycles. The Balaban J connectivity index is 2.02. The summed E-state index contributed by atoms with van der Waals surface area (Å²) >= 11 is 0. The summed E-state index contributed by atoms with van der Waals surface area (Å²) in [7, 11) is 0. The van der Waals surface area contributed by atoms with Crippen LogP contribution in [0.4, 0.5) is 0 Å². The van der Waals surface area contributed by atoms with Gasteiger partial charge < -0.3 is 4.90 Å². The molecule has 1 saturated heterocycles. The van der Waals surface area contributed by atoms with E-state index in [1.165, 1.54) is 12.8 Å². The molecule has 1 aliphatic heterocycles. The molecule has 1 amide bonds. The molecule has 80 valence electrons. The minimum atomic E-state index is 0.264. The van der Waals surface area contributed by atoms with Crippen molar-refractivity contribution >= 4 is 5.91 Å². The van der Waals surface area contributed by atoms with Crippen molar-refractivity contribution in [2.24, 2.45) is 11.3 Å². The van der Waals surface area contributed by atoms with E-state index in [0.29, 0.717) is 17.9 Å². The third kappa shape index (κ3) is 1.78. The fourth-order valence-corrected chi connectivity index (χ4v) is 2.12. The highest BCUT2D eigenvalue weighted by Gasteiger charge is 2.43. The van der Waals surface area contributed by atoms with Gasteiger partial charge >= 0.3 is 0 Å². The van der Waals surface area contributed by atoms with Gasteiger partial charge in [0.2, 0.25) is 5.91 Å². The average Bonchev–Trinajstić information content (AvgIpc) is 2.70. The Morgan fingerprint density at radius 1 is 1.57 bits per heavy atom. The quantitative estimate of drug-likeness (QED) is 0.735. The predicted octanol–water partition coefficient (Wildman–Crippen LogP) is 1.20. The van der Waals surface area contributed by atoms with Crippen molar-refractivity contribution in [2.45, 2.75) is 39.8 Å². The van der Waals surface area contributed by atoms with Crippen molar-refractivity contribution in [3.63, 3.8) is 0 Å². The van der Waals surface area contributed by atoms with E-state index in [1.807, 2.05) is 4.90 Å². The zero-order valence-electron chi connectivity index (χ0n) is 9.34. The largest absolute Gasteiger partial charge is 0.325 e. The van der Waals surface area contributed by atoms with Gasteiger partial charge in [0, 0.05) is 6.54 Å². The zero-order chi connectivity index (χ0) is 10.3. The van der Waals surface area contributed by atoms with Crippen molar-refractivity contribution < 1.29 is 4.79 Å². The molecule has 1 saturated carbocycles. The van der Waals surface area contributed by atoms with Crippen LogP contribution in [0.2, 0.25) is 0 Å². The Morgan fingerprint density at radius 3 is 2.71 bits per heavy atom. The van der Waals surface area contributed by atoms with Gasteiger partial charge in [-0.05, 0) is 24.2 Å². The van der Waals surface area contributed by atoms with Crippen molar-refractivity contribution in [3.05, 3.63) is 0 Å². The molecule has 2 fully saturated rings. The highest BCUT2D eigenvalue weighted by Crippen LogP contribution is 2.46. The standard InChI is InChI=1S/C11H20N2O/c1-8(2)10-12-6-9(14)13(10)7-11(3)4-5-11/h8,10,12H,4-7H2,1-3H3. The van der Waals surface area contributed by atoms with Crippen LogP contribution in [0.25, 0.3) is 0 Å². The van der Waals surface area contributed by atoms with Gasteiger partial charge in [-0.2, -0.15) is 0 Å². The zero-order valence-corrected chi connectivity index (χ0v) is 9.34. The van der Waals surface area contributed by atoms with E-state index in [-0.39, 0.29) is 12.1 Å². The molecular formula is C11H20N2O. The maximum atomic E-state index is 11.7. The topological polar surface area (TPSA) is 32.3 Å². The van der Waals surface area contributed by atoms with Gasteiger partial charge in [0.05, 0.1) is 12.7 Å². The summed E-state index contributed by atoms with van der Waals surface area (Å²) in [6, 6.07) is 0. The third-order valence-electron chi connectivity index (χ3n) is 3.41. The molecule has 0 radical (unpaired) electrons. The van der Waals surface area contributed by atoms with Gasteiger partial charge in [0.25, 0.3) is 0 Å². The molecule has 0 bridgehead atoms. The van der Waals surface area contributed by atoms with Crippen LogP contribution in [0.5, 0.6) is 0 Å². The molecule has 3 nitrogen and oxygen atoms in total. The molecule has 14 heavy (non-hydrogen) atoms. The molecule has 0 aromatic carbocycles. The molecule has 1 N–H and O–H groups in total. The SMILES string of the molecule is CC(C)C1NCC(=O)N1CC1(C)CC1. The van der Waals surface area contributed by atoms with E-state index in [2.05, 4.69) is 26.1 Å². The molecule has 0 spiro atoms. The summed E-state index contributed by atoms with van der Waals surface area (Å²) in [5, 5.41) is 3.28. The minimum absolute atomic E-state index is 0.264. The first kappa shape index (κ1) is 9.97. The van der Waals surface area contributed by atoms with Gasteiger partial charge in [-0.15, -0.1) is 0 Å². The van der Waals surface area contributed by atoms with Crippen molar-refractivity contribution in [1.82, 2.24) is 10.2 Å². The van der Waals surface area contributed by atoms with Crippen LogP contribution in [0.3, 0.4) is 0 Å². The average molecular weight is 196 g/mol. The molecule has 2 aliphatic rings. The highest BCUT2D eigenvalue weighted by atomic mass is 16.2. The monoisotopic (exact) mass is 196 g/mol. The van der Waals surface area contributed by atoms with Crippen LogP contribution in [0, 0.1) is 11.3 Å². The number of nitrogens with one attached hydrogen (secondary N) is 1. The van der Waals surface area contributed by atoms with Gasteiger partial charge in [0.1, 0.15) is 0 Å². The first-order valence-corrected chi connectivity index (χ1v) is 5.55. The molecule has 1 atom stereocenters. The van der Waals surface area contributed by atoms with Gasteiger partial charge in [-0.1, -0.05) is 20.8 Å². The molecule has 0 aromatic heterocycles. The van der Waals surface area contributed by atoms with Gasteiger partial charge in [-0.3, -0.25) is 10.1 Å². The van der Waals surface area contributed by atoms with E-state index in [9.17, 15) is 4.79 Å². The van der Waals surface area contributed by atoms with Crippen molar-refractivity contribution in [2.75, 3.05) is 13.1 Å². The van der Waals surface area contributed by atoms with E-state index in [1.54, 1.807) is 0 Å².